The Bertz CT molecular complexity index is 1380. The third-order valence-corrected chi connectivity index (χ3v) is 6.17. The summed E-state index contributed by atoms with van der Waals surface area (Å²) in [4.78, 5) is 4.88. The highest BCUT2D eigenvalue weighted by Crippen LogP contribution is 2.43. The smallest absolute Gasteiger partial charge is 0.140 e. The van der Waals surface area contributed by atoms with Crippen molar-refractivity contribution < 1.29 is 9.84 Å². The molecule has 33 heavy (non-hydrogen) atoms. The minimum atomic E-state index is -0.716. The molecular weight excluding hydrogens is 414 g/mol. The predicted molar refractivity (Wildman–Crippen MR) is 128 cm³/mol. The fraction of sp³-hybridized carbons (Fsp3) is 0.269. The summed E-state index contributed by atoms with van der Waals surface area (Å²) in [5.74, 6) is 1.09. The van der Waals surface area contributed by atoms with E-state index in [-0.39, 0.29) is 6.04 Å². The van der Waals surface area contributed by atoms with Crippen LogP contribution >= 0.6 is 0 Å². The van der Waals surface area contributed by atoms with Crippen molar-refractivity contribution in [2.24, 2.45) is 0 Å². The lowest BCUT2D eigenvalue weighted by Gasteiger charge is -2.41. The number of nitrogens with two attached hydrogens (primary N) is 1. The number of aromatic nitrogens is 3. The van der Waals surface area contributed by atoms with Gasteiger partial charge in [-0.3, -0.25) is 0 Å². The van der Waals surface area contributed by atoms with E-state index in [1.807, 2.05) is 61.5 Å². The molecule has 2 heterocycles. The van der Waals surface area contributed by atoms with Gasteiger partial charge in [-0.1, -0.05) is 36.4 Å². The van der Waals surface area contributed by atoms with Crippen molar-refractivity contribution in [1.29, 1.82) is 5.26 Å². The van der Waals surface area contributed by atoms with Crippen molar-refractivity contribution in [3.05, 3.63) is 60.2 Å². The molecule has 0 atom stereocenters. The van der Waals surface area contributed by atoms with E-state index in [9.17, 15) is 10.4 Å². The van der Waals surface area contributed by atoms with Gasteiger partial charge in [0.15, 0.2) is 0 Å². The van der Waals surface area contributed by atoms with Crippen molar-refractivity contribution in [2.75, 3.05) is 12.3 Å². The maximum atomic E-state index is 10.1. The van der Waals surface area contributed by atoms with E-state index in [0.29, 0.717) is 36.5 Å². The number of ether oxygens (including phenoxy) is 1. The van der Waals surface area contributed by atoms with Crippen LogP contribution in [0.25, 0.3) is 33.4 Å². The largest absolute Gasteiger partial charge is 0.493 e. The number of nitrogen functional groups attached to an aromatic ring is 1. The van der Waals surface area contributed by atoms with E-state index < -0.39 is 5.60 Å². The SMILES string of the molecule is CCOc1cc(-c2ccccc2)nc2cc(-c3nn(C4CC(C)(O)C4)c(N)c3C#N)ccc12. The second kappa shape index (κ2) is 7.91. The molecule has 3 N–H and O–H groups in total. The predicted octanol–water partition coefficient (Wildman–Crippen LogP) is 4.70. The molecule has 1 aliphatic rings. The molecule has 0 aliphatic heterocycles. The Balaban J connectivity index is 1.63. The first-order chi connectivity index (χ1) is 15.9. The van der Waals surface area contributed by atoms with Gasteiger partial charge in [-0.2, -0.15) is 10.4 Å². The minimum absolute atomic E-state index is 0.0197. The zero-order chi connectivity index (χ0) is 23.2. The third-order valence-electron chi connectivity index (χ3n) is 6.17. The number of nitrogens with zero attached hydrogens (tertiary/aromatic N) is 4. The molecule has 7 nitrogen and oxygen atoms in total. The monoisotopic (exact) mass is 439 g/mol. The van der Waals surface area contributed by atoms with E-state index in [1.165, 1.54) is 0 Å². The summed E-state index contributed by atoms with van der Waals surface area (Å²) in [5, 5.41) is 25.5. The maximum absolute atomic E-state index is 10.1. The van der Waals surface area contributed by atoms with Crippen molar-refractivity contribution in [2.45, 2.75) is 38.3 Å². The van der Waals surface area contributed by atoms with Gasteiger partial charge in [0.25, 0.3) is 0 Å². The lowest BCUT2D eigenvalue weighted by molar-refractivity contribution is -0.0535. The molecule has 166 valence electrons. The number of benzene rings is 2. The number of aliphatic hydroxyl groups is 1. The van der Waals surface area contributed by atoms with E-state index >= 15 is 0 Å². The van der Waals surface area contributed by atoms with Crippen LogP contribution in [0.2, 0.25) is 0 Å². The molecule has 7 heteroatoms. The topological polar surface area (TPSA) is 110 Å². The Hall–Kier alpha value is -3.89. The summed E-state index contributed by atoms with van der Waals surface area (Å²) < 4.78 is 7.59. The molecule has 1 aliphatic carbocycles. The fourth-order valence-electron chi connectivity index (χ4n) is 4.54. The number of hydrogen-bond donors (Lipinski definition) is 2. The van der Waals surface area contributed by atoms with Gasteiger partial charge in [-0.05, 0) is 38.8 Å². The van der Waals surface area contributed by atoms with Gasteiger partial charge in [-0.25, -0.2) is 9.67 Å². The lowest BCUT2D eigenvalue weighted by atomic mass is 9.77. The van der Waals surface area contributed by atoms with Crippen molar-refractivity contribution >= 4 is 16.7 Å². The van der Waals surface area contributed by atoms with Crippen LogP contribution in [0, 0.1) is 11.3 Å². The lowest BCUT2D eigenvalue weighted by Crippen LogP contribution is -2.42. The van der Waals surface area contributed by atoms with Gasteiger partial charge in [0.1, 0.15) is 28.9 Å². The first-order valence-corrected chi connectivity index (χ1v) is 11.0. The fourth-order valence-corrected chi connectivity index (χ4v) is 4.54. The first-order valence-electron chi connectivity index (χ1n) is 11.0. The normalized spacial score (nSPS) is 19.8. The van der Waals surface area contributed by atoms with Gasteiger partial charge in [0.2, 0.25) is 0 Å². The second-order valence-corrected chi connectivity index (χ2v) is 8.76. The Labute approximate surface area is 192 Å². The molecule has 0 bridgehead atoms. The van der Waals surface area contributed by atoms with Crippen LogP contribution in [-0.4, -0.2) is 32.1 Å². The number of rotatable bonds is 5. The molecule has 2 aromatic heterocycles. The Kier molecular flexibility index (Phi) is 5.03. The number of pyridine rings is 1. The number of nitriles is 1. The summed E-state index contributed by atoms with van der Waals surface area (Å²) in [6.07, 6.45) is 1.11. The average molecular weight is 440 g/mol. The van der Waals surface area contributed by atoms with Crippen LogP contribution in [0.5, 0.6) is 5.75 Å². The number of hydrogen-bond acceptors (Lipinski definition) is 6. The third kappa shape index (κ3) is 3.69. The molecule has 1 fully saturated rings. The molecular formula is C26H25N5O2. The standard InChI is InChI=1S/C26H25N5O2/c1-3-33-23-12-21(16-7-5-4-6-8-16)29-22-11-17(9-10-19(22)23)24-20(15-27)25(28)31(30-24)18-13-26(2,32)14-18/h4-12,18,32H,3,13-14,28H2,1-2H3. The molecule has 0 unspecified atom stereocenters. The molecule has 0 radical (unpaired) electrons. The van der Waals surface area contributed by atoms with Crippen molar-refractivity contribution in [1.82, 2.24) is 14.8 Å². The molecule has 2 aromatic carbocycles. The maximum Gasteiger partial charge on any atom is 0.140 e. The zero-order valence-electron chi connectivity index (χ0n) is 18.6. The van der Waals surface area contributed by atoms with Crippen LogP contribution in [-0.2, 0) is 0 Å². The molecule has 1 saturated carbocycles. The van der Waals surface area contributed by atoms with Gasteiger partial charge in [0, 0.05) is 22.6 Å². The molecule has 5 rings (SSSR count). The molecule has 0 saturated heterocycles. The van der Waals surface area contributed by atoms with Crippen LogP contribution in [0.1, 0.15) is 38.3 Å². The van der Waals surface area contributed by atoms with E-state index in [2.05, 4.69) is 11.2 Å². The Morgan fingerprint density at radius 2 is 1.94 bits per heavy atom. The zero-order valence-corrected chi connectivity index (χ0v) is 18.6. The van der Waals surface area contributed by atoms with Crippen LogP contribution in [0.4, 0.5) is 5.82 Å². The molecule has 4 aromatic rings. The highest BCUT2D eigenvalue weighted by atomic mass is 16.5. The van der Waals surface area contributed by atoms with Crippen LogP contribution < -0.4 is 10.5 Å². The van der Waals surface area contributed by atoms with Gasteiger partial charge in [-0.15, -0.1) is 0 Å². The highest BCUT2D eigenvalue weighted by Gasteiger charge is 2.41. The van der Waals surface area contributed by atoms with Crippen molar-refractivity contribution in [3.63, 3.8) is 0 Å². The second-order valence-electron chi connectivity index (χ2n) is 8.76. The highest BCUT2D eigenvalue weighted by molar-refractivity contribution is 5.91. The van der Waals surface area contributed by atoms with Gasteiger partial charge in [0.05, 0.1) is 29.5 Å². The first kappa shape index (κ1) is 21.0. The average Bonchev–Trinajstić information content (AvgIpc) is 3.13. The summed E-state index contributed by atoms with van der Waals surface area (Å²) in [6.45, 7) is 4.29. The number of fused-ring (bicyclic) bond motifs is 1. The molecule has 0 amide bonds. The Morgan fingerprint density at radius 3 is 2.61 bits per heavy atom. The van der Waals surface area contributed by atoms with Gasteiger partial charge >= 0.3 is 0 Å². The van der Waals surface area contributed by atoms with Gasteiger partial charge < -0.3 is 15.6 Å². The van der Waals surface area contributed by atoms with Crippen LogP contribution in [0.3, 0.4) is 0 Å². The molecule has 0 spiro atoms. The summed E-state index contributed by atoms with van der Waals surface area (Å²) in [6, 6.07) is 19.9. The van der Waals surface area contributed by atoms with Crippen molar-refractivity contribution in [3.8, 4) is 34.3 Å². The summed E-state index contributed by atoms with van der Waals surface area (Å²) in [5.41, 5.74) is 9.75. The Morgan fingerprint density at radius 1 is 1.18 bits per heavy atom. The summed E-state index contributed by atoms with van der Waals surface area (Å²) in [7, 11) is 0. The van der Waals surface area contributed by atoms with Crippen LogP contribution in [0.15, 0.2) is 54.6 Å². The number of anilines is 1. The summed E-state index contributed by atoms with van der Waals surface area (Å²) >= 11 is 0. The quantitative estimate of drug-likeness (QED) is 0.466. The van der Waals surface area contributed by atoms with E-state index in [0.717, 1.165) is 33.5 Å². The van der Waals surface area contributed by atoms with E-state index in [1.54, 1.807) is 11.6 Å². The van der Waals surface area contributed by atoms with E-state index in [4.69, 9.17) is 15.5 Å². The minimum Gasteiger partial charge on any atom is -0.493 e.